The van der Waals surface area contributed by atoms with Gasteiger partial charge in [0.05, 0.1) is 19.8 Å². The van der Waals surface area contributed by atoms with Gasteiger partial charge in [-0.1, -0.05) is 44.1 Å². The van der Waals surface area contributed by atoms with Crippen LogP contribution in [0.25, 0.3) is 0 Å². The van der Waals surface area contributed by atoms with Crippen LogP contribution in [-0.2, 0) is 23.2 Å². The Kier molecular flexibility index (Phi) is 8.37. The Morgan fingerprint density at radius 3 is 2.50 bits per heavy atom. The second-order valence-electron chi connectivity index (χ2n) is 11.1. The van der Waals surface area contributed by atoms with Crippen molar-refractivity contribution in [1.29, 1.82) is 0 Å². The van der Waals surface area contributed by atoms with E-state index in [0.29, 0.717) is 55.7 Å². The zero-order valence-corrected chi connectivity index (χ0v) is 23.3. The lowest BCUT2D eigenvalue weighted by Crippen LogP contribution is -2.42. The maximum Gasteiger partial charge on any atom is 0.273 e. The summed E-state index contributed by atoms with van der Waals surface area (Å²) in [6.07, 6.45) is 0. The number of nitrogens with one attached hydrogen (secondary N) is 1. The molecule has 2 aromatic carbocycles. The number of amides is 2. The Labute approximate surface area is 234 Å². The molecule has 1 saturated heterocycles. The molecule has 212 valence electrons. The molecule has 2 aliphatic rings. The zero-order chi connectivity index (χ0) is 28.1. The summed E-state index contributed by atoms with van der Waals surface area (Å²) in [7, 11) is 0. The molecule has 0 aliphatic carbocycles. The Balaban J connectivity index is 1.24. The van der Waals surface area contributed by atoms with Gasteiger partial charge in [-0.25, -0.2) is 0 Å². The monoisotopic (exact) mass is 548 g/mol. The van der Waals surface area contributed by atoms with Crippen LogP contribution in [0.3, 0.4) is 0 Å². The highest BCUT2D eigenvalue weighted by molar-refractivity contribution is 5.94. The molecule has 3 heterocycles. The minimum atomic E-state index is -0.364. The fraction of sp³-hybridized carbons (Fsp3) is 0.433. The molecular formula is C30H36N4O6. The van der Waals surface area contributed by atoms with Gasteiger partial charge in [0.25, 0.3) is 11.8 Å². The summed E-state index contributed by atoms with van der Waals surface area (Å²) in [4.78, 5) is 30.4. The summed E-state index contributed by atoms with van der Waals surface area (Å²) in [5.41, 5.74) is 2.80. The lowest BCUT2D eigenvalue weighted by Gasteiger charge is -2.30. The third kappa shape index (κ3) is 6.81. The van der Waals surface area contributed by atoms with Gasteiger partial charge in [0.1, 0.15) is 0 Å². The van der Waals surface area contributed by atoms with Crippen LogP contribution < -0.4 is 14.8 Å². The SMILES string of the molecule is CC(C)(C)c1ccc(C(=O)N(CCN2CCOCC2)Cc2cc(C(=O)NCc3ccc4c(c3)OCO4)no2)cc1. The molecule has 0 saturated carbocycles. The van der Waals surface area contributed by atoms with E-state index in [1.54, 1.807) is 11.0 Å². The van der Waals surface area contributed by atoms with Crippen LogP contribution in [0.2, 0.25) is 0 Å². The van der Waals surface area contributed by atoms with Gasteiger partial charge in [0.15, 0.2) is 23.0 Å². The zero-order valence-electron chi connectivity index (χ0n) is 23.3. The van der Waals surface area contributed by atoms with Gasteiger partial charge in [0.2, 0.25) is 6.79 Å². The molecule has 40 heavy (non-hydrogen) atoms. The molecule has 2 aliphatic heterocycles. The van der Waals surface area contributed by atoms with Gasteiger partial charge in [-0.05, 0) is 40.8 Å². The lowest BCUT2D eigenvalue weighted by molar-refractivity contribution is 0.0315. The van der Waals surface area contributed by atoms with E-state index in [4.69, 9.17) is 18.7 Å². The number of carbonyl (C=O) groups is 2. The topological polar surface area (TPSA) is 106 Å². The largest absolute Gasteiger partial charge is 0.454 e. The number of hydrogen-bond acceptors (Lipinski definition) is 8. The molecule has 10 nitrogen and oxygen atoms in total. The highest BCUT2D eigenvalue weighted by Crippen LogP contribution is 2.32. The highest BCUT2D eigenvalue weighted by Gasteiger charge is 2.23. The fourth-order valence-corrected chi connectivity index (χ4v) is 4.64. The van der Waals surface area contributed by atoms with E-state index in [1.807, 2.05) is 42.5 Å². The molecule has 10 heteroatoms. The second-order valence-corrected chi connectivity index (χ2v) is 11.1. The smallest absolute Gasteiger partial charge is 0.273 e. The molecular weight excluding hydrogens is 512 g/mol. The number of rotatable bonds is 9. The Morgan fingerprint density at radius 1 is 1.00 bits per heavy atom. The summed E-state index contributed by atoms with van der Waals surface area (Å²) in [6, 6.07) is 14.9. The van der Waals surface area contributed by atoms with Crippen molar-refractivity contribution in [3.63, 3.8) is 0 Å². The molecule has 0 spiro atoms. The molecule has 0 bridgehead atoms. The Hall–Kier alpha value is -3.89. The van der Waals surface area contributed by atoms with Gasteiger partial charge >= 0.3 is 0 Å². The van der Waals surface area contributed by atoms with Gasteiger partial charge in [-0.2, -0.15) is 0 Å². The first-order chi connectivity index (χ1) is 19.3. The summed E-state index contributed by atoms with van der Waals surface area (Å²) in [5.74, 6) is 1.32. The van der Waals surface area contributed by atoms with Crippen LogP contribution in [0.15, 0.2) is 53.1 Å². The summed E-state index contributed by atoms with van der Waals surface area (Å²) in [5, 5.41) is 6.81. The molecule has 3 aromatic rings. The van der Waals surface area contributed by atoms with Crippen LogP contribution in [0.4, 0.5) is 0 Å². The van der Waals surface area contributed by atoms with Crippen molar-refractivity contribution < 1.29 is 28.3 Å². The van der Waals surface area contributed by atoms with Gasteiger partial charge in [-0.3, -0.25) is 14.5 Å². The van der Waals surface area contributed by atoms with Crippen molar-refractivity contribution >= 4 is 11.8 Å². The first-order valence-electron chi connectivity index (χ1n) is 13.6. The first-order valence-corrected chi connectivity index (χ1v) is 13.6. The number of morpholine rings is 1. The lowest BCUT2D eigenvalue weighted by atomic mass is 9.86. The number of fused-ring (bicyclic) bond motifs is 1. The van der Waals surface area contributed by atoms with Crippen LogP contribution >= 0.6 is 0 Å². The molecule has 0 radical (unpaired) electrons. The van der Waals surface area contributed by atoms with Gasteiger partial charge < -0.3 is 29.0 Å². The summed E-state index contributed by atoms with van der Waals surface area (Å²) < 4.78 is 21.7. The number of nitrogens with zero attached hydrogens (tertiary/aromatic N) is 3. The summed E-state index contributed by atoms with van der Waals surface area (Å²) >= 11 is 0. The Morgan fingerprint density at radius 2 is 1.75 bits per heavy atom. The molecule has 1 N–H and O–H groups in total. The number of hydrogen-bond donors (Lipinski definition) is 1. The van der Waals surface area contributed by atoms with Crippen molar-refractivity contribution in [1.82, 2.24) is 20.3 Å². The molecule has 0 unspecified atom stereocenters. The van der Waals surface area contributed by atoms with Crippen molar-refractivity contribution in [2.45, 2.75) is 39.3 Å². The van der Waals surface area contributed by atoms with E-state index >= 15 is 0 Å². The Bertz CT molecular complexity index is 1320. The maximum absolute atomic E-state index is 13.6. The second kappa shape index (κ2) is 12.1. The van der Waals surface area contributed by atoms with Crippen LogP contribution in [0.5, 0.6) is 11.5 Å². The van der Waals surface area contributed by atoms with Crippen LogP contribution in [-0.4, -0.2) is 73.0 Å². The van der Waals surface area contributed by atoms with E-state index in [1.165, 1.54) is 0 Å². The molecule has 1 aromatic heterocycles. The van der Waals surface area contributed by atoms with E-state index < -0.39 is 0 Å². The minimum Gasteiger partial charge on any atom is -0.454 e. The number of benzene rings is 2. The van der Waals surface area contributed by atoms with Crippen molar-refractivity contribution in [2.75, 3.05) is 46.2 Å². The standard InChI is InChI=1S/C30H36N4O6/c1-30(2,3)23-7-5-22(6-8-23)29(36)34(11-10-33-12-14-37-15-13-33)19-24-17-25(32-40-24)28(35)31-18-21-4-9-26-27(16-21)39-20-38-26/h4-9,16-17H,10-15,18-20H2,1-3H3,(H,31,35). The minimum absolute atomic E-state index is 0.00284. The van der Waals surface area contributed by atoms with Crippen molar-refractivity contribution in [2.24, 2.45) is 0 Å². The molecule has 2 amide bonds. The highest BCUT2D eigenvalue weighted by atomic mass is 16.7. The average molecular weight is 549 g/mol. The fourth-order valence-electron chi connectivity index (χ4n) is 4.64. The van der Waals surface area contributed by atoms with Crippen LogP contribution in [0, 0.1) is 0 Å². The third-order valence-electron chi connectivity index (χ3n) is 7.10. The van der Waals surface area contributed by atoms with Crippen molar-refractivity contribution in [3.8, 4) is 11.5 Å². The number of aromatic nitrogens is 1. The van der Waals surface area contributed by atoms with E-state index in [9.17, 15) is 9.59 Å². The van der Waals surface area contributed by atoms with E-state index in [-0.39, 0.29) is 36.3 Å². The number of carbonyl (C=O) groups excluding carboxylic acids is 2. The predicted molar refractivity (Wildman–Crippen MR) is 147 cm³/mol. The normalized spacial score (nSPS) is 15.2. The molecule has 5 rings (SSSR count). The number of ether oxygens (including phenoxy) is 3. The van der Waals surface area contributed by atoms with Gasteiger partial charge in [0, 0.05) is 44.4 Å². The first kappa shape index (κ1) is 27.7. The average Bonchev–Trinajstić information content (AvgIpc) is 3.63. The third-order valence-corrected chi connectivity index (χ3v) is 7.10. The van der Waals surface area contributed by atoms with Gasteiger partial charge in [-0.15, -0.1) is 0 Å². The van der Waals surface area contributed by atoms with E-state index in [2.05, 4.69) is 36.1 Å². The maximum atomic E-state index is 13.6. The van der Waals surface area contributed by atoms with Crippen LogP contribution in [0.1, 0.15) is 58.5 Å². The van der Waals surface area contributed by atoms with Crippen molar-refractivity contribution in [3.05, 3.63) is 76.7 Å². The quantitative estimate of drug-likeness (QED) is 0.432. The molecule has 1 fully saturated rings. The predicted octanol–water partition coefficient (Wildman–Crippen LogP) is 3.61. The summed E-state index contributed by atoms with van der Waals surface area (Å²) in [6.45, 7) is 11.4. The molecule has 0 atom stereocenters. The van der Waals surface area contributed by atoms with E-state index in [0.717, 1.165) is 24.2 Å².